The molecule has 3 N–H and O–H groups in total. The summed E-state index contributed by atoms with van der Waals surface area (Å²) in [6.07, 6.45) is 2.81. The predicted octanol–water partition coefficient (Wildman–Crippen LogP) is 2.88. The average Bonchev–Trinajstić information content (AvgIpc) is 2.59. The third-order valence-corrected chi connectivity index (χ3v) is 3.42. The van der Waals surface area contributed by atoms with Crippen LogP contribution in [0.4, 0.5) is 5.69 Å². The van der Waals surface area contributed by atoms with Crippen LogP contribution in [0.2, 0.25) is 0 Å². The first kappa shape index (κ1) is 17.1. The van der Waals surface area contributed by atoms with Gasteiger partial charge in [0, 0.05) is 17.2 Å². The second-order valence-electron chi connectivity index (χ2n) is 4.88. The van der Waals surface area contributed by atoms with E-state index in [1.807, 2.05) is 0 Å². The minimum absolute atomic E-state index is 0.0478. The number of benzene rings is 2. The SMILES string of the molecule is COc1cc(OC)c(/C=C/C(=O)c2ccccc2C(=O)O)cc1N. The fourth-order valence-electron chi connectivity index (χ4n) is 2.22. The molecule has 2 aromatic rings. The molecule has 0 aliphatic heterocycles. The molecule has 2 rings (SSSR count). The zero-order chi connectivity index (χ0) is 17.7. The third-order valence-electron chi connectivity index (χ3n) is 3.42. The summed E-state index contributed by atoms with van der Waals surface area (Å²) in [6, 6.07) is 9.26. The molecule has 0 unspecified atom stereocenters. The molecule has 0 atom stereocenters. The molecule has 0 aromatic heterocycles. The highest BCUT2D eigenvalue weighted by Gasteiger charge is 2.14. The van der Waals surface area contributed by atoms with Crippen LogP contribution < -0.4 is 15.2 Å². The minimum Gasteiger partial charge on any atom is -0.496 e. The van der Waals surface area contributed by atoms with Gasteiger partial charge in [0.2, 0.25) is 0 Å². The van der Waals surface area contributed by atoms with Crippen molar-refractivity contribution in [1.29, 1.82) is 0 Å². The average molecular weight is 327 g/mol. The molecule has 124 valence electrons. The fraction of sp³-hybridized carbons (Fsp3) is 0.111. The van der Waals surface area contributed by atoms with Gasteiger partial charge in [-0.3, -0.25) is 4.79 Å². The van der Waals surface area contributed by atoms with E-state index < -0.39 is 11.8 Å². The summed E-state index contributed by atoms with van der Waals surface area (Å²) in [7, 11) is 2.98. The Balaban J connectivity index is 2.36. The van der Waals surface area contributed by atoms with E-state index in [0.717, 1.165) is 0 Å². The quantitative estimate of drug-likeness (QED) is 0.481. The lowest BCUT2D eigenvalue weighted by atomic mass is 10.0. The van der Waals surface area contributed by atoms with Gasteiger partial charge in [0.05, 0.1) is 25.5 Å². The molecule has 0 bridgehead atoms. The highest BCUT2D eigenvalue weighted by molar-refractivity contribution is 6.12. The Morgan fingerprint density at radius 3 is 2.25 bits per heavy atom. The van der Waals surface area contributed by atoms with Crippen molar-refractivity contribution in [1.82, 2.24) is 0 Å². The first-order chi connectivity index (χ1) is 11.5. The number of nitrogen functional groups attached to an aromatic ring is 1. The number of ether oxygens (including phenoxy) is 2. The lowest BCUT2D eigenvalue weighted by Crippen LogP contribution is -2.06. The number of carboxylic acids is 1. The number of hydrogen-bond donors (Lipinski definition) is 2. The highest BCUT2D eigenvalue weighted by atomic mass is 16.5. The number of carboxylic acid groups (broad SMARTS) is 1. The van der Waals surface area contributed by atoms with Crippen molar-refractivity contribution >= 4 is 23.5 Å². The van der Waals surface area contributed by atoms with Gasteiger partial charge in [0.15, 0.2) is 5.78 Å². The molecule has 0 heterocycles. The van der Waals surface area contributed by atoms with Gasteiger partial charge in [0.1, 0.15) is 11.5 Å². The summed E-state index contributed by atoms with van der Waals surface area (Å²) in [6.45, 7) is 0. The molecule has 6 heteroatoms. The minimum atomic E-state index is -1.15. The van der Waals surface area contributed by atoms with Gasteiger partial charge in [-0.1, -0.05) is 18.2 Å². The second-order valence-corrected chi connectivity index (χ2v) is 4.88. The van der Waals surface area contributed by atoms with Crippen molar-refractivity contribution < 1.29 is 24.2 Å². The van der Waals surface area contributed by atoms with E-state index in [0.29, 0.717) is 22.7 Å². The van der Waals surface area contributed by atoms with Gasteiger partial charge in [-0.05, 0) is 24.3 Å². The van der Waals surface area contributed by atoms with Crippen molar-refractivity contribution in [3.05, 3.63) is 59.2 Å². The van der Waals surface area contributed by atoms with Crippen LogP contribution in [0.3, 0.4) is 0 Å². The molecule has 0 amide bonds. The van der Waals surface area contributed by atoms with E-state index in [-0.39, 0.29) is 11.1 Å². The number of carbonyl (C=O) groups excluding carboxylic acids is 1. The van der Waals surface area contributed by atoms with Crippen molar-refractivity contribution in [2.75, 3.05) is 20.0 Å². The molecule has 0 fully saturated rings. The smallest absolute Gasteiger partial charge is 0.336 e. The van der Waals surface area contributed by atoms with Crippen LogP contribution in [-0.2, 0) is 0 Å². The number of methoxy groups -OCH3 is 2. The number of hydrogen-bond acceptors (Lipinski definition) is 5. The predicted molar refractivity (Wildman–Crippen MR) is 90.7 cm³/mol. The van der Waals surface area contributed by atoms with E-state index in [9.17, 15) is 9.59 Å². The zero-order valence-corrected chi connectivity index (χ0v) is 13.3. The van der Waals surface area contributed by atoms with Crippen molar-refractivity contribution in [3.8, 4) is 11.5 Å². The summed E-state index contributed by atoms with van der Waals surface area (Å²) in [4.78, 5) is 23.5. The van der Waals surface area contributed by atoms with Gasteiger partial charge in [-0.25, -0.2) is 4.79 Å². The van der Waals surface area contributed by atoms with Crippen molar-refractivity contribution in [3.63, 3.8) is 0 Å². The zero-order valence-electron chi connectivity index (χ0n) is 13.3. The highest BCUT2D eigenvalue weighted by Crippen LogP contribution is 2.31. The summed E-state index contributed by atoms with van der Waals surface area (Å²) < 4.78 is 10.4. The summed E-state index contributed by atoms with van der Waals surface area (Å²) in [5, 5.41) is 9.15. The number of nitrogens with two attached hydrogens (primary N) is 1. The Hall–Kier alpha value is -3.28. The standard InChI is InChI=1S/C18H17NO5/c1-23-16-10-17(24-2)14(19)9-11(16)7-8-15(20)12-5-3-4-6-13(12)18(21)22/h3-10H,19H2,1-2H3,(H,21,22)/b8-7+. The number of ketones is 1. The van der Waals surface area contributed by atoms with Gasteiger partial charge in [-0.2, -0.15) is 0 Å². The molecule has 0 aliphatic carbocycles. The lowest BCUT2D eigenvalue weighted by Gasteiger charge is -2.10. The Bertz CT molecular complexity index is 811. The molecule has 0 aliphatic rings. The van der Waals surface area contributed by atoms with Crippen LogP contribution in [0.5, 0.6) is 11.5 Å². The van der Waals surface area contributed by atoms with E-state index >= 15 is 0 Å². The van der Waals surface area contributed by atoms with Crippen LogP contribution in [0.1, 0.15) is 26.3 Å². The molecular weight excluding hydrogens is 310 g/mol. The Morgan fingerprint density at radius 2 is 1.67 bits per heavy atom. The molecule has 0 saturated carbocycles. The van der Waals surface area contributed by atoms with E-state index in [1.165, 1.54) is 38.5 Å². The van der Waals surface area contributed by atoms with Crippen LogP contribution in [0, 0.1) is 0 Å². The van der Waals surface area contributed by atoms with Crippen LogP contribution in [-0.4, -0.2) is 31.1 Å². The van der Waals surface area contributed by atoms with E-state index in [1.54, 1.807) is 24.3 Å². The van der Waals surface area contributed by atoms with Gasteiger partial charge < -0.3 is 20.3 Å². The van der Waals surface area contributed by atoms with Crippen molar-refractivity contribution in [2.24, 2.45) is 0 Å². The lowest BCUT2D eigenvalue weighted by molar-refractivity contribution is 0.0693. The first-order valence-electron chi connectivity index (χ1n) is 7.04. The van der Waals surface area contributed by atoms with Gasteiger partial charge >= 0.3 is 5.97 Å². The topological polar surface area (TPSA) is 98.8 Å². The third kappa shape index (κ3) is 3.55. The number of rotatable bonds is 6. The van der Waals surface area contributed by atoms with E-state index in [2.05, 4.69) is 0 Å². The molecular formula is C18H17NO5. The Kier molecular flexibility index (Phi) is 5.21. The van der Waals surface area contributed by atoms with Crippen LogP contribution >= 0.6 is 0 Å². The number of anilines is 1. The Labute approximate surface area is 139 Å². The molecule has 0 radical (unpaired) electrons. The summed E-state index contributed by atoms with van der Waals surface area (Å²) in [5.74, 6) is -0.633. The summed E-state index contributed by atoms with van der Waals surface area (Å²) in [5.41, 5.74) is 6.90. The fourth-order valence-corrected chi connectivity index (χ4v) is 2.22. The van der Waals surface area contributed by atoms with Crippen LogP contribution in [0.15, 0.2) is 42.5 Å². The van der Waals surface area contributed by atoms with Crippen LogP contribution in [0.25, 0.3) is 6.08 Å². The molecule has 6 nitrogen and oxygen atoms in total. The molecule has 0 spiro atoms. The van der Waals surface area contributed by atoms with Gasteiger partial charge in [0.25, 0.3) is 0 Å². The largest absolute Gasteiger partial charge is 0.496 e. The normalized spacial score (nSPS) is 10.6. The number of aromatic carboxylic acids is 1. The van der Waals surface area contributed by atoms with Gasteiger partial charge in [-0.15, -0.1) is 0 Å². The maximum absolute atomic E-state index is 12.3. The molecule has 24 heavy (non-hydrogen) atoms. The number of allylic oxidation sites excluding steroid dienone is 1. The maximum Gasteiger partial charge on any atom is 0.336 e. The maximum atomic E-state index is 12.3. The Morgan fingerprint density at radius 1 is 1.04 bits per heavy atom. The number of carbonyl (C=O) groups is 2. The summed E-state index contributed by atoms with van der Waals surface area (Å²) >= 11 is 0. The monoisotopic (exact) mass is 327 g/mol. The molecule has 0 saturated heterocycles. The molecule has 2 aromatic carbocycles. The van der Waals surface area contributed by atoms with Crippen molar-refractivity contribution in [2.45, 2.75) is 0 Å². The first-order valence-corrected chi connectivity index (χ1v) is 7.04. The second kappa shape index (κ2) is 7.32. The van der Waals surface area contributed by atoms with E-state index in [4.69, 9.17) is 20.3 Å².